The lowest BCUT2D eigenvalue weighted by molar-refractivity contribution is 0.102. The quantitative estimate of drug-likeness (QED) is 0.920. The number of nitrogens with zero attached hydrogens (tertiary/aromatic N) is 1. The summed E-state index contributed by atoms with van der Waals surface area (Å²) in [5.74, 6) is 0.217. The number of hydrogen-bond acceptors (Lipinski definition) is 4. The standard InChI is InChI=1S/C13H10N2O2S/c1-17-11-4-2-3-9(7-14)12(11)15-13(16)10-5-6-18-8-10/h2-6,8H,1H3,(H,15,16). The maximum absolute atomic E-state index is 11.9. The van der Waals surface area contributed by atoms with E-state index in [1.54, 1.807) is 29.6 Å². The maximum atomic E-state index is 11.9. The molecule has 0 saturated heterocycles. The third-order valence-corrected chi connectivity index (χ3v) is 3.07. The van der Waals surface area contributed by atoms with Crippen LogP contribution in [-0.2, 0) is 0 Å². The largest absolute Gasteiger partial charge is 0.495 e. The van der Waals surface area contributed by atoms with E-state index in [2.05, 4.69) is 5.32 Å². The van der Waals surface area contributed by atoms with Gasteiger partial charge in [0.1, 0.15) is 17.5 Å². The first kappa shape index (κ1) is 12.1. The van der Waals surface area contributed by atoms with Crippen molar-refractivity contribution < 1.29 is 9.53 Å². The highest BCUT2D eigenvalue weighted by atomic mass is 32.1. The summed E-state index contributed by atoms with van der Waals surface area (Å²) in [5, 5.41) is 15.3. The monoisotopic (exact) mass is 258 g/mol. The topological polar surface area (TPSA) is 62.1 Å². The third-order valence-electron chi connectivity index (χ3n) is 2.39. The molecule has 0 bridgehead atoms. The number of hydrogen-bond donors (Lipinski definition) is 1. The van der Waals surface area contributed by atoms with E-state index < -0.39 is 0 Å². The molecule has 1 aromatic heterocycles. The SMILES string of the molecule is COc1cccc(C#N)c1NC(=O)c1ccsc1. The van der Waals surface area contributed by atoms with Gasteiger partial charge < -0.3 is 10.1 Å². The predicted molar refractivity (Wildman–Crippen MR) is 70.0 cm³/mol. The van der Waals surface area contributed by atoms with Crippen molar-refractivity contribution in [2.75, 3.05) is 12.4 Å². The number of nitrogens with one attached hydrogen (secondary N) is 1. The lowest BCUT2D eigenvalue weighted by Crippen LogP contribution is -2.12. The van der Waals surface area contributed by atoms with Crippen molar-refractivity contribution in [2.24, 2.45) is 0 Å². The van der Waals surface area contributed by atoms with E-state index in [-0.39, 0.29) is 5.91 Å². The van der Waals surface area contributed by atoms with Crippen LogP contribution in [0.3, 0.4) is 0 Å². The van der Waals surface area contributed by atoms with Gasteiger partial charge in [-0.3, -0.25) is 4.79 Å². The van der Waals surface area contributed by atoms with E-state index in [1.165, 1.54) is 18.4 Å². The van der Waals surface area contributed by atoms with Gasteiger partial charge in [0.05, 0.1) is 18.2 Å². The van der Waals surface area contributed by atoms with Crippen LogP contribution in [0.1, 0.15) is 15.9 Å². The molecule has 2 aromatic rings. The fourth-order valence-corrected chi connectivity index (χ4v) is 2.14. The van der Waals surface area contributed by atoms with E-state index in [4.69, 9.17) is 10.00 Å². The van der Waals surface area contributed by atoms with Gasteiger partial charge in [-0.05, 0) is 23.6 Å². The number of methoxy groups -OCH3 is 1. The summed E-state index contributed by atoms with van der Waals surface area (Å²) < 4.78 is 5.14. The number of ether oxygens (including phenoxy) is 1. The molecular formula is C13H10N2O2S. The van der Waals surface area contributed by atoms with Gasteiger partial charge >= 0.3 is 0 Å². The van der Waals surface area contributed by atoms with Crippen LogP contribution in [0.5, 0.6) is 5.75 Å². The molecule has 0 saturated carbocycles. The molecule has 0 spiro atoms. The van der Waals surface area contributed by atoms with Crippen molar-refractivity contribution in [1.29, 1.82) is 5.26 Å². The van der Waals surface area contributed by atoms with Crippen LogP contribution in [0.4, 0.5) is 5.69 Å². The second kappa shape index (κ2) is 5.34. The molecule has 1 amide bonds. The average molecular weight is 258 g/mol. The molecule has 90 valence electrons. The number of anilines is 1. The fourth-order valence-electron chi connectivity index (χ4n) is 1.50. The molecule has 0 radical (unpaired) electrons. The zero-order valence-electron chi connectivity index (χ0n) is 9.64. The summed E-state index contributed by atoms with van der Waals surface area (Å²) in [6.45, 7) is 0. The maximum Gasteiger partial charge on any atom is 0.256 e. The predicted octanol–water partition coefficient (Wildman–Crippen LogP) is 2.88. The first-order chi connectivity index (χ1) is 8.76. The second-order valence-corrected chi connectivity index (χ2v) is 4.24. The zero-order valence-corrected chi connectivity index (χ0v) is 10.5. The van der Waals surface area contributed by atoms with Gasteiger partial charge in [-0.1, -0.05) is 6.07 Å². The summed E-state index contributed by atoms with van der Waals surface area (Å²) >= 11 is 1.44. The molecule has 1 aromatic carbocycles. The van der Waals surface area contributed by atoms with Crippen LogP contribution < -0.4 is 10.1 Å². The number of carbonyl (C=O) groups is 1. The van der Waals surface area contributed by atoms with Crippen molar-refractivity contribution in [2.45, 2.75) is 0 Å². The first-order valence-electron chi connectivity index (χ1n) is 5.17. The Labute approximate surface area is 108 Å². The van der Waals surface area contributed by atoms with Crippen LogP contribution >= 0.6 is 11.3 Å². The molecule has 18 heavy (non-hydrogen) atoms. The first-order valence-corrected chi connectivity index (χ1v) is 6.11. The van der Waals surface area contributed by atoms with Gasteiger partial charge in [0.25, 0.3) is 5.91 Å². The van der Waals surface area contributed by atoms with Gasteiger partial charge in [-0.25, -0.2) is 0 Å². The molecule has 0 unspecified atom stereocenters. The fraction of sp³-hybridized carbons (Fsp3) is 0.0769. The van der Waals surface area contributed by atoms with E-state index in [0.29, 0.717) is 22.6 Å². The third kappa shape index (κ3) is 2.34. The van der Waals surface area contributed by atoms with Gasteiger partial charge in [0, 0.05) is 5.38 Å². The molecule has 2 rings (SSSR count). The normalized spacial score (nSPS) is 9.56. The Hall–Kier alpha value is -2.32. The van der Waals surface area contributed by atoms with E-state index in [9.17, 15) is 4.79 Å². The summed E-state index contributed by atoms with van der Waals surface area (Å²) in [6, 6.07) is 8.79. The highest BCUT2D eigenvalue weighted by Crippen LogP contribution is 2.28. The summed E-state index contributed by atoms with van der Waals surface area (Å²) in [4.78, 5) is 11.9. The average Bonchev–Trinajstić information content (AvgIpc) is 2.93. The summed E-state index contributed by atoms with van der Waals surface area (Å²) in [6.07, 6.45) is 0. The number of amides is 1. The molecule has 0 atom stereocenters. The van der Waals surface area contributed by atoms with E-state index >= 15 is 0 Å². The Morgan fingerprint density at radius 2 is 2.28 bits per heavy atom. The number of rotatable bonds is 3. The number of para-hydroxylation sites is 1. The molecule has 4 nitrogen and oxygen atoms in total. The van der Waals surface area contributed by atoms with Crippen LogP contribution in [0.2, 0.25) is 0 Å². The molecule has 5 heteroatoms. The van der Waals surface area contributed by atoms with Gasteiger partial charge in [-0.15, -0.1) is 0 Å². The molecule has 0 aliphatic rings. The van der Waals surface area contributed by atoms with Crippen molar-refractivity contribution >= 4 is 22.9 Å². The van der Waals surface area contributed by atoms with Crippen molar-refractivity contribution in [3.05, 3.63) is 46.2 Å². The van der Waals surface area contributed by atoms with Gasteiger partial charge in [0.2, 0.25) is 0 Å². The van der Waals surface area contributed by atoms with Crippen LogP contribution in [0.15, 0.2) is 35.0 Å². The molecular weight excluding hydrogens is 248 g/mol. The Bertz CT molecular complexity index is 600. The van der Waals surface area contributed by atoms with E-state index in [0.717, 1.165) is 0 Å². The minimum atomic E-state index is -0.253. The minimum absolute atomic E-state index is 0.253. The molecule has 1 N–H and O–H groups in total. The molecule has 0 aliphatic heterocycles. The highest BCUT2D eigenvalue weighted by molar-refractivity contribution is 7.08. The van der Waals surface area contributed by atoms with Crippen LogP contribution in [0.25, 0.3) is 0 Å². The van der Waals surface area contributed by atoms with Crippen LogP contribution in [-0.4, -0.2) is 13.0 Å². The smallest absolute Gasteiger partial charge is 0.256 e. The number of nitriles is 1. The van der Waals surface area contributed by atoms with Gasteiger partial charge in [-0.2, -0.15) is 16.6 Å². The Balaban J connectivity index is 2.34. The number of thiophene rings is 1. The Morgan fingerprint density at radius 3 is 2.89 bits per heavy atom. The van der Waals surface area contributed by atoms with Crippen LogP contribution in [0, 0.1) is 11.3 Å². The number of benzene rings is 1. The molecule has 0 fully saturated rings. The zero-order chi connectivity index (χ0) is 13.0. The summed E-state index contributed by atoms with van der Waals surface area (Å²) in [7, 11) is 1.50. The van der Waals surface area contributed by atoms with Crippen molar-refractivity contribution in [3.8, 4) is 11.8 Å². The molecule has 0 aliphatic carbocycles. The lowest BCUT2D eigenvalue weighted by Gasteiger charge is -2.10. The van der Waals surface area contributed by atoms with Gasteiger partial charge in [0.15, 0.2) is 0 Å². The second-order valence-electron chi connectivity index (χ2n) is 3.46. The number of carbonyl (C=O) groups excluding carboxylic acids is 1. The minimum Gasteiger partial charge on any atom is -0.495 e. The van der Waals surface area contributed by atoms with E-state index in [1.807, 2.05) is 11.4 Å². The van der Waals surface area contributed by atoms with Crippen molar-refractivity contribution in [1.82, 2.24) is 0 Å². The highest BCUT2D eigenvalue weighted by Gasteiger charge is 2.13. The lowest BCUT2D eigenvalue weighted by atomic mass is 10.1. The Morgan fingerprint density at radius 1 is 1.44 bits per heavy atom. The van der Waals surface area contributed by atoms with Crippen molar-refractivity contribution in [3.63, 3.8) is 0 Å². The summed E-state index contributed by atoms with van der Waals surface area (Å²) in [5.41, 5.74) is 1.34. The molecule has 1 heterocycles. The Kier molecular flexibility index (Phi) is 3.60.